The van der Waals surface area contributed by atoms with Gasteiger partial charge in [0.25, 0.3) is 5.91 Å². The minimum atomic E-state index is -0.119. The molecule has 0 atom stereocenters. The molecule has 2 aromatic carbocycles. The SMILES string of the molecule is COc1cc(OC)c(OC)cc1CNC(=O)c1ccc2c(c1)CCN2.Cl. The first-order valence-electron chi connectivity index (χ1n) is 8.10. The van der Waals surface area contributed by atoms with Crippen molar-refractivity contribution in [1.29, 1.82) is 0 Å². The normalized spacial score (nSPS) is 11.7. The van der Waals surface area contributed by atoms with Crippen molar-refractivity contribution in [2.45, 2.75) is 13.0 Å². The Morgan fingerprint density at radius 3 is 2.42 bits per heavy atom. The molecule has 7 heteroatoms. The second-order valence-corrected chi connectivity index (χ2v) is 5.75. The Morgan fingerprint density at radius 2 is 1.73 bits per heavy atom. The molecule has 0 aliphatic carbocycles. The largest absolute Gasteiger partial charge is 0.496 e. The summed E-state index contributed by atoms with van der Waals surface area (Å²) in [4.78, 5) is 12.5. The number of benzene rings is 2. The lowest BCUT2D eigenvalue weighted by atomic mass is 10.1. The summed E-state index contributed by atoms with van der Waals surface area (Å²) in [6, 6.07) is 9.29. The van der Waals surface area contributed by atoms with Gasteiger partial charge in [-0.1, -0.05) is 0 Å². The molecule has 0 saturated heterocycles. The van der Waals surface area contributed by atoms with Gasteiger partial charge in [0.05, 0.1) is 21.3 Å². The Balaban J connectivity index is 0.00000243. The summed E-state index contributed by atoms with van der Waals surface area (Å²) < 4.78 is 16.0. The van der Waals surface area contributed by atoms with Crippen molar-refractivity contribution in [2.75, 3.05) is 33.2 Å². The summed E-state index contributed by atoms with van der Waals surface area (Å²) in [5, 5.41) is 6.22. The van der Waals surface area contributed by atoms with E-state index in [0.717, 1.165) is 24.2 Å². The van der Waals surface area contributed by atoms with Crippen LogP contribution in [0.2, 0.25) is 0 Å². The number of hydrogen-bond donors (Lipinski definition) is 2. The van der Waals surface area contributed by atoms with Crippen molar-refractivity contribution < 1.29 is 19.0 Å². The van der Waals surface area contributed by atoms with Crippen LogP contribution < -0.4 is 24.8 Å². The third kappa shape index (κ3) is 3.96. The molecule has 0 spiro atoms. The second-order valence-electron chi connectivity index (χ2n) is 5.75. The summed E-state index contributed by atoms with van der Waals surface area (Å²) >= 11 is 0. The van der Waals surface area contributed by atoms with Crippen LogP contribution in [0.15, 0.2) is 30.3 Å². The molecule has 0 radical (unpaired) electrons. The molecule has 0 bridgehead atoms. The van der Waals surface area contributed by atoms with Crippen molar-refractivity contribution in [3.8, 4) is 17.2 Å². The zero-order valence-electron chi connectivity index (χ0n) is 15.0. The van der Waals surface area contributed by atoms with Gasteiger partial charge in [0.15, 0.2) is 11.5 Å². The molecule has 1 aliphatic rings. The molecule has 2 N–H and O–H groups in total. The summed E-state index contributed by atoms with van der Waals surface area (Å²) in [6.07, 6.45) is 0.944. The monoisotopic (exact) mass is 378 g/mol. The van der Waals surface area contributed by atoms with Gasteiger partial charge in [-0.15, -0.1) is 12.4 Å². The van der Waals surface area contributed by atoms with Crippen molar-refractivity contribution in [3.63, 3.8) is 0 Å². The number of fused-ring (bicyclic) bond motifs is 1. The van der Waals surface area contributed by atoms with E-state index in [1.807, 2.05) is 24.3 Å². The molecule has 0 aromatic heterocycles. The van der Waals surface area contributed by atoms with E-state index in [1.54, 1.807) is 27.4 Å². The third-order valence-electron chi connectivity index (χ3n) is 4.30. The van der Waals surface area contributed by atoms with Crippen LogP contribution in [0.25, 0.3) is 0 Å². The molecule has 140 valence electrons. The van der Waals surface area contributed by atoms with E-state index in [4.69, 9.17) is 14.2 Å². The van der Waals surface area contributed by atoms with Crippen LogP contribution in [-0.4, -0.2) is 33.8 Å². The summed E-state index contributed by atoms with van der Waals surface area (Å²) in [6.45, 7) is 1.25. The van der Waals surface area contributed by atoms with E-state index < -0.39 is 0 Å². The van der Waals surface area contributed by atoms with Crippen molar-refractivity contribution in [2.24, 2.45) is 0 Å². The maximum atomic E-state index is 12.5. The number of ether oxygens (including phenoxy) is 3. The van der Waals surface area contributed by atoms with Crippen molar-refractivity contribution in [3.05, 3.63) is 47.0 Å². The van der Waals surface area contributed by atoms with E-state index in [9.17, 15) is 4.79 Å². The average Bonchev–Trinajstić information content (AvgIpc) is 3.12. The molecule has 0 fully saturated rings. The second kappa shape index (κ2) is 8.67. The fourth-order valence-corrected chi connectivity index (χ4v) is 2.95. The number of hydrogen-bond acceptors (Lipinski definition) is 5. The quantitative estimate of drug-likeness (QED) is 0.808. The molecule has 0 unspecified atom stereocenters. The molecule has 1 amide bonds. The number of methoxy groups -OCH3 is 3. The van der Waals surface area contributed by atoms with Crippen LogP contribution in [-0.2, 0) is 13.0 Å². The van der Waals surface area contributed by atoms with E-state index in [0.29, 0.717) is 29.4 Å². The fourth-order valence-electron chi connectivity index (χ4n) is 2.95. The fraction of sp³-hybridized carbons (Fsp3) is 0.316. The number of carbonyl (C=O) groups is 1. The molecule has 2 aromatic rings. The highest BCUT2D eigenvalue weighted by Gasteiger charge is 2.15. The van der Waals surface area contributed by atoms with Crippen LogP contribution in [0.1, 0.15) is 21.5 Å². The zero-order chi connectivity index (χ0) is 17.8. The van der Waals surface area contributed by atoms with Crippen molar-refractivity contribution >= 4 is 24.0 Å². The number of anilines is 1. The Bertz CT molecular complexity index is 795. The summed E-state index contributed by atoms with van der Waals surface area (Å²) in [5.74, 6) is 1.69. The van der Waals surface area contributed by atoms with E-state index in [-0.39, 0.29) is 18.3 Å². The minimum Gasteiger partial charge on any atom is -0.496 e. The Hall–Kier alpha value is -2.60. The first kappa shape index (κ1) is 19.7. The Morgan fingerprint density at radius 1 is 1.04 bits per heavy atom. The molecular formula is C19H23ClN2O4. The molecule has 26 heavy (non-hydrogen) atoms. The lowest BCUT2D eigenvalue weighted by molar-refractivity contribution is 0.0950. The lowest BCUT2D eigenvalue weighted by Crippen LogP contribution is -2.23. The highest BCUT2D eigenvalue weighted by atomic mass is 35.5. The van der Waals surface area contributed by atoms with Crippen LogP contribution >= 0.6 is 12.4 Å². The Kier molecular flexibility index (Phi) is 6.58. The standard InChI is InChI=1S/C19H22N2O4.ClH/c1-23-16-10-18(25-3)17(24-2)9-14(16)11-21-19(22)13-4-5-15-12(8-13)6-7-20-15;/h4-5,8-10,20H,6-7,11H2,1-3H3,(H,21,22);1H. The number of carbonyl (C=O) groups excluding carboxylic acids is 1. The Labute approximate surface area is 159 Å². The van der Waals surface area contributed by atoms with Crippen LogP contribution in [0.3, 0.4) is 0 Å². The van der Waals surface area contributed by atoms with Gasteiger partial charge in [0.1, 0.15) is 5.75 Å². The summed E-state index contributed by atoms with van der Waals surface area (Å²) in [7, 11) is 4.73. The predicted octanol–water partition coefficient (Wildman–Crippen LogP) is 3.03. The molecule has 1 aliphatic heterocycles. The highest BCUT2D eigenvalue weighted by Crippen LogP contribution is 2.34. The van der Waals surface area contributed by atoms with Crippen molar-refractivity contribution in [1.82, 2.24) is 5.32 Å². The molecule has 6 nitrogen and oxygen atoms in total. The highest BCUT2D eigenvalue weighted by molar-refractivity contribution is 5.95. The summed E-state index contributed by atoms with van der Waals surface area (Å²) in [5.41, 5.74) is 3.76. The van der Waals surface area contributed by atoms with Gasteiger partial charge < -0.3 is 24.8 Å². The smallest absolute Gasteiger partial charge is 0.251 e. The van der Waals surface area contributed by atoms with Gasteiger partial charge >= 0.3 is 0 Å². The first-order chi connectivity index (χ1) is 12.2. The van der Waals surface area contributed by atoms with E-state index in [1.165, 1.54) is 5.56 Å². The molecular weight excluding hydrogens is 356 g/mol. The van der Waals surface area contributed by atoms with Crippen LogP contribution in [0.5, 0.6) is 17.2 Å². The zero-order valence-corrected chi connectivity index (χ0v) is 15.9. The minimum absolute atomic E-state index is 0. The van der Waals surface area contributed by atoms with Gasteiger partial charge in [-0.2, -0.15) is 0 Å². The van der Waals surface area contributed by atoms with Gasteiger partial charge in [-0.25, -0.2) is 0 Å². The number of rotatable bonds is 6. The maximum absolute atomic E-state index is 12.5. The van der Waals surface area contributed by atoms with Gasteiger partial charge in [-0.05, 0) is 36.2 Å². The predicted molar refractivity (Wildman–Crippen MR) is 103 cm³/mol. The van der Waals surface area contributed by atoms with Crippen LogP contribution in [0, 0.1) is 0 Å². The molecule has 0 saturated carbocycles. The number of nitrogens with one attached hydrogen (secondary N) is 2. The lowest BCUT2D eigenvalue weighted by Gasteiger charge is -2.14. The number of halogens is 1. The molecule has 3 rings (SSSR count). The van der Waals surface area contributed by atoms with Gasteiger partial charge in [-0.3, -0.25) is 4.79 Å². The average molecular weight is 379 g/mol. The topological polar surface area (TPSA) is 68.8 Å². The third-order valence-corrected chi connectivity index (χ3v) is 4.30. The first-order valence-corrected chi connectivity index (χ1v) is 8.10. The number of amides is 1. The van der Waals surface area contributed by atoms with E-state index >= 15 is 0 Å². The van der Waals surface area contributed by atoms with E-state index in [2.05, 4.69) is 10.6 Å². The van der Waals surface area contributed by atoms with Gasteiger partial charge in [0, 0.05) is 36.0 Å². The van der Waals surface area contributed by atoms with Gasteiger partial charge in [0.2, 0.25) is 0 Å². The molecule has 1 heterocycles. The maximum Gasteiger partial charge on any atom is 0.251 e. The van der Waals surface area contributed by atoms with Crippen LogP contribution in [0.4, 0.5) is 5.69 Å².